The van der Waals surface area contributed by atoms with Gasteiger partial charge in [-0.1, -0.05) is 24.3 Å². The van der Waals surface area contributed by atoms with E-state index in [1.807, 2.05) is 16.8 Å². The average Bonchev–Trinajstić information content (AvgIpc) is 3.31. The molecule has 1 amide bonds. The highest BCUT2D eigenvalue weighted by atomic mass is 19.1. The molecule has 5 heteroatoms. The van der Waals surface area contributed by atoms with Gasteiger partial charge >= 0.3 is 0 Å². The van der Waals surface area contributed by atoms with Crippen molar-refractivity contribution in [2.45, 2.75) is 25.9 Å². The zero-order valence-corrected chi connectivity index (χ0v) is 13.0. The molecule has 23 heavy (non-hydrogen) atoms. The van der Waals surface area contributed by atoms with Crippen molar-refractivity contribution < 1.29 is 9.18 Å². The summed E-state index contributed by atoms with van der Waals surface area (Å²) in [6.45, 7) is 5.05. The van der Waals surface area contributed by atoms with Crippen molar-refractivity contribution in [2.75, 3.05) is 6.54 Å². The fourth-order valence-electron chi connectivity index (χ4n) is 2.59. The van der Waals surface area contributed by atoms with Crippen LogP contribution in [0.5, 0.6) is 0 Å². The molecule has 0 bridgehead atoms. The molecular formula is C18H20FN3O. The fourth-order valence-corrected chi connectivity index (χ4v) is 2.59. The first-order chi connectivity index (χ1) is 11.2. The molecule has 4 nitrogen and oxygen atoms in total. The van der Waals surface area contributed by atoms with Crippen LogP contribution in [0.3, 0.4) is 0 Å². The lowest BCUT2D eigenvalue weighted by Crippen LogP contribution is -2.33. The number of carbonyl (C=O) groups is 1. The van der Waals surface area contributed by atoms with E-state index in [1.54, 1.807) is 29.3 Å². The maximum atomic E-state index is 13.8. The van der Waals surface area contributed by atoms with Gasteiger partial charge in [-0.15, -0.1) is 6.58 Å². The minimum atomic E-state index is -0.232. The van der Waals surface area contributed by atoms with Gasteiger partial charge in [0.15, 0.2) is 0 Å². The summed E-state index contributed by atoms with van der Waals surface area (Å²) in [4.78, 5) is 18.4. The molecule has 120 valence electrons. The number of halogens is 1. The van der Waals surface area contributed by atoms with Crippen molar-refractivity contribution in [3.8, 4) is 0 Å². The molecule has 2 aromatic rings. The summed E-state index contributed by atoms with van der Waals surface area (Å²) in [6, 6.07) is 6.70. The predicted octanol–water partition coefficient (Wildman–Crippen LogP) is 3.00. The number of nitrogens with zero attached hydrogens (tertiary/aromatic N) is 3. The molecule has 3 rings (SSSR count). The lowest BCUT2D eigenvalue weighted by Gasteiger charge is -2.21. The molecule has 0 saturated heterocycles. The van der Waals surface area contributed by atoms with Crippen LogP contribution in [0.15, 0.2) is 49.3 Å². The SMILES string of the molecule is C=CCN(Cc1nccn1Cc1ccccc1F)C(=O)C1CC1. The lowest BCUT2D eigenvalue weighted by molar-refractivity contribution is -0.132. The summed E-state index contributed by atoms with van der Waals surface area (Å²) in [5.74, 6) is 0.837. The smallest absolute Gasteiger partial charge is 0.226 e. The lowest BCUT2D eigenvalue weighted by atomic mass is 10.2. The van der Waals surface area contributed by atoms with E-state index in [9.17, 15) is 9.18 Å². The van der Waals surface area contributed by atoms with Gasteiger partial charge in [-0.3, -0.25) is 4.79 Å². The Labute approximate surface area is 135 Å². The summed E-state index contributed by atoms with van der Waals surface area (Å²) < 4.78 is 15.7. The Balaban J connectivity index is 1.75. The van der Waals surface area contributed by atoms with Crippen LogP contribution in [-0.2, 0) is 17.9 Å². The van der Waals surface area contributed by atoms with Gasteiger partial charge in [-0.2, -0.15) is 0 Å². The van der Waals surface area contributed by atoms with E-state index in [4.69, 9.17) is 0 Å². The molecule has 1 saturated carbocycles. The molecule has 0 N–H and O–H groups in total. The Morgan fingerprint density at radius 1 is 1.43 bits per heavy atom. The molecule has 0 unspecified atom stereocenters. The minimum Gasteiger partial charge on any atom is -0.331 e. The second-order valence-electron chi connectivity index (χ2n) is 5.84. The number of imidazole rings is 1. The van der Waals surface area contributed by atoms with Crippen LogP contribution in [0.2, 0.25) is 0 Å². The molecule has 0 spiro atoms. The fraction of sp³-hybridized carbons (Fsp3) is 0.333. The van der Waals surface area contributed by atoms with Crippen LogP contribution in [0.4, 0.5) is 4.39 Å². The predicted molar refractivity (Wildman–Crippen MR) is 86.1 cm³/mol. The number of benzene rings is 1. The Morgan fingerprint density at radius 3 is 2.91 bits per heavy atom. The number of amides is 1. The van der Waals surface area contributed by atoms with Crippen molar-refractivity contribution in [1.82, 2.24) is 14.5 Å². The third-order valence-corrected chi connectivity index (χ3v) is 4.02. The van der Waals surface area contributed by atoms with E-state index in [1.165, 1.54) is 6.07 Å². The quantitative estimate of drug-likeness (QED) is 0.737. The van der Waals surface area contributed by atoms with Crippen LogP contribution >= 0.6 is 0 Å². The summed E-state index contributed by atoms with van der Waals surface area (Å²) in [7, 11) is 0. The summed E-state index contributed by atoms with van der Waals surface area (Å²) >= 11 is 0. The highest BCUT2D eigenvalue weighted by Gasteiger charge is 2.33. The van der Waals surface area contributed by atoms with Gasteiger partial charge in [0.2, 0.25) is 5.91 Å². The standard InChI is InChI=1S/C18H20FN3O/c1-2-10-22(18(23)14-7-8-14)13-17-20-9-11-21(17)12-15-5-3-4-6-16(15)19/h2-6,9,11,14H,1,7-8,10,12-13H2. The second kappa shape index (κ2) is 6.77. The number of carbonyl (C=O) groups excluding carboxylic acids is 1. The van der Waals surface area contributed by atoms with Crippen LogP contribution in [0, 0.1) is 11.7 Å². The Kier molecular flexibility index (Phi) is 4.55. The molecule has 1 aromatic carbocycles. The number of aromatic nitrogens is 2. The van der Waals surface area contributed by atoms with Crippen LogP contribution in [0.1, 0.15) is 24.2 Å². The van der Waals surface area contributed by atoms with Crippen molar-refractivity contribution in [1.29, 1.82) is 0 Å². The summed E-state index contributed by atoms with van der Waals surface area (Å²) in [6.07, 6.45) is 7.16. The van der Waals surface area contributed by atoms with E-state index < -0.39 is 0 Å². The molecular weight excluding hydrogens is 293 g/mol. The normalized spacial score (nSPS) is 13.8. The zero-order chi connectivity index (χ0) is 16.2. The van der Waals surface area contributed by atoms with Gasteiger partial charge in [0.1, 0.15) is 11.6 Å². The molecule has 1 heterocycles. The third kappa shape index (κ3) is 3.67. The highest BCUT2D eigenvalue weighted by Crippen LogP contribution is 2.31. The van der Waals surface area contributed by atoms with Gasteiger partial charge in [0, 0.05) is 30.4 Å². The molecule has 0 radical (unpaired) electrons. The van der Waals surface area contributed by atoms with Crippen molar-refractivity contribution in [3.05, 3.63) is 66.5 Å². The number of hydrogen-bond acceptors (Lipinski definition) is 2. The van der Waals surface area contributed by atoms with Crippen molar-refractivity contribution in [2.24, 2.45) is 5.92 Å². The van der Waals surface area contributed by atoms with Crippen LogP contribution in [0.25, 0.3) is 0 Å². The van der Waals surface area contributed by atoms with E-state index >= 15 is 0 Å². The van der Waals surface area contributed by atoms with Crippen molar-refractivity contribution in [3.63, 3.8) is 0 Å². The van der Waals surface area contributed by atoms with Crippen LogP contribution < -0.4 is 0 Å². The highest BCUT2D eigenvalue weighted by molar-refractivity contribution is 5.81. The Hall–Kier alpha value is -2.43. The first kappa shape index (κ1) is 15.5. The van der Waals surface area contributed by atoms with E-state index in [0.717, 1.165) is 18.7 Å². The maximum Gasteiger partial charge on any atom is 0.226 e. The van der Waals surface area contributed by atoms with E-state index in [2.05, 4.69) is 11.6 Å². The second-order valence-corrected chi connectivity index (χ2v) is 5.84. The number of rotatable bonds is 7. The molecule has 1 aliphatic carbocycles. The van der Waals surface area contributed by atoms with E-state index in [-0.39, 0.29) is 17.6 Å². The first-order valence-electron chi connectivity index (χ1n) is 7.82. The minimum absolute atomic E-state index is 0.157. The summed E-state index contributed by atoms with van der Waals surface area (Å²) in [5.41, 5.74) is 0.607. The zero-order valence-electron chi connectivity index (χ0n) is 13.0. The van der Waals surface area contributed by atoms with E-state index in [0.29, 0.717) is 25.2 Å². The van der Waals surface area contributed by atoms with Gasteiger partial charge < -0.3 is 9.47 Å². The monoisotopic (exact) mass is 313 g/mol. The van der Waals surface area contributed by atoms with Gasteiger partial charge in [0.25, 0.3) is 0 Å². The molecule has 0 atom stereocenters. The van der Waals surface area contributed by atoms with Gasteiger partial charge in [0.05, 0.1) is 13.1 Å². The molecule has 1 fully saturated rings. The van der Waals surface area contributed by atoms with Gasteiger partial charge in [-0.25, -0.2) is 9.37 Å². The third-order valence-electron chi connectivity index (χ3n) is 4.02. The average molecular weight is 313 g/mol. The van der Waals surface area contributed by atoms with Gasteiger partial charge in [-0.05, 0) is 18.9 Å². The molecule has 1 aromatic heterocycles. The largest absolute Gasteiger partial charge is 0.331 e. The van der Waals surface area contributed by atoms with Crippen LogP contribution in [-0.4, -0.2) is 26.9 Å². The first-order valence-corrected chi connectivity index (χ1v) is 7.82. The summed E-state index contributed by atoms with van der Waals surface area (Å²) in [5, 5.41) is 0. The molecule has 1 aliphatic rings. The molecule has 0 aliphatic heterocycles. The number of hydrogen-bond donors (Lipinski definition) is 0. The Morgan fingerprint density at radius 2 is 2.22 bits per heavy atom. The maximum absolute atomic E-state index is 13.8. The van der Waals surface area contributed by atoms with Crippen molar-refractivity contribution >= 4 is 5.91 Å². The Bertz CT molecular complexity index is 706. The topological polar surface area (TPSA) is 38.1 Å².